The topological polar surface area (TPSA) is 128 Å². The van der Waals surface area contributed by atoms with E-state index in [4.69, 9.17) is 15.2 Å². The van der Waals surface area contributed by atoms with E-state index in [1.807, 2.05) is 30.3 Å². The van der Waals surface area contributed by atoms with Gasteiger partial charge in [-0.2, -0.15) is 4.99 Å². The van der Waals surface area contributed by atoms with Crippen LogP contribution < -0.4 is 5.73 Å². The molecule has 0 saturated carbocycles. The Bertz CT molecular complexity index is 675. The Morgan fingerprint density at radius 3 is 2.41 bits per heavy atom. The van der Waals surface area contributed by atoms with Gasteiger partial charge in [0.15, 0.2) is 0 Å². The minimum absolute atomic E-state index is 0.106. The van der Waals surface area contributed by atoms with Crippen molar-refractivity contribution in [2.75, 3.05) is 0 Å². The average molecular weight is 378 g/mol. The Labute approximate surface area is 158 Å². The smallest absolute Gasteiger partial charge is 0.360 e. The van der Waals surface area contributed by atoms with Crippen LogP contribution in [-0.4, -0.2) is 40.5 Å². The Hall–Kier alpha value is -2.54. The first-order valence-electron chi connectivity index (χ1n) is 8.58. The normalized spacial score (nSPS) is 14.5. The molecule has 1 aromatic carbocycles. The molecular formula is C19H26N2O6. The van der Waals surface area contributed by atoms with Gasteiger partial charge in [-0.3, -0.25) is 4.79 Å². The van der Waals surface area contributed by atoms with Gasteiger partial charge in [-0.05, 0) is 39.2 Å². The van der Waals surface area contributed by atoms with Crippen LogP contribution in [0.3, 0.4) is 0 Å². The minimum Gasteiger partial charge on any atom is -0.478 e. The molecule has 0 spiro atoms. The number of benzene rings is 1. The number of isocyanates is 1. The number of carbonyl (C=O) groups is 2. The number of ether oxygens (including phenoxy) is 2. The summed E-state index contributed by atoms with van der Waals surface area (Å²) in [5.74, 6) is -1.99. The third kappa shape index (κ3) is 7.70. The van der Waals surface area contributed by atoms with Crippen LogP contribution in [0, 0.1) is 0 Å². The van der Waals surface area contributed by atoms with E-state index in [0.29, 0.717) is 0 Å². The monoisotopic (exact) mass is 378 g/mol. The predicted octanol–water partition coefficient (Wildman–Crippen LogP) is 2.16. The van der Waals surface area contributed by atoms with E-state index in [9.17, 15) is 19.5 Å². The van der Waals surface area contributed by atoms with Crippen molar-refractivity contribution >= 4 is 18.0 Å². The molecule has 0 fully saturated rings. The quantitative estimate of drug-likeness (QED) is 0.363. The van der Waals surface area contributed by atoms with Crippen LogP contribution in [0.1, 0.15) is 45.6 Å². The van der Waals surface area contributed by atoms with Gasteiger partial charge in [-0.25, -0.2) is 9.59 Å². The first-order valence-corrected chi connectivity index (χ1v) is 8.58. The molecule has 1 aromatic rings. The second-order valence-electron chi connectivity index (χ2n) is 7.10. The van der Waals surface area contributed by atoms with Gasteiger partial charge in [0, 0.05) is 6.42 Å². The first-order chi connectivity index (χ1) is 12.6. The highest BCUT2D eigenvalue weighted by atomic mass is 16.6. The molecular weight excluding hydrogens is 352 g/mol. The summed E-state index contributed by atoms with van der Waals surface area (Å²) in [7, 11) is 0. The van der Waals surface area contributed by atoms with E-state index in [0.717, 1.165) is 5.56 Å². The Balaban J connectivity index is 2.61. The molecule has 0 amide bonds. The summed E-state index contributed by atoms with van der Waals surface area (Å²) in [6.07, 6.45) is 1.47. The number of hydrogen-bond acceptors (Lipinski definition) is 7. The molecule has 0 aromatic heterocycles. The summed E-state index contributed by atoms with van der Waals surface area (Å²) < 4.78 is 10.6. The molecule has 1 unspecified atom stereocenters. The van der Waals surface area contributed by atoms with Crippen LogP contribution in [0.4, 0.5) is 0 Å². The van der Waals surface area contributed by atoms with Crippen molar-refractivity contribution in [2.24, 2.45) is 10.7 Å². The van der Waals surface area contributed by atoms with E-state index in [1.54, 1.807) is 20.8 Å². The zero-order chi connectivity index (χ0) is 20.5. The van der Waals surface area contributed by atoms with E-state index >= 15 is 0 Å². The van der Waals surface area contributed by atoms with Crippen molar-refractivity contribution in [1.29, 1.82) is 0 Å². The van der Waals surface area contributed by atoms with Crippen molar-refractivity contribution < 1.29 is 29.0 Å². The highest BCUT2D eigenvalue weighted by Crippen LogP contribution is 2.28. The van der Waals surface area contributed by atoms with E-state index < -0.39 is 29.3 Å². The lowest BCUT2D eigenvalue weighted by Gasteiger charge is -2.32. The SMILES string of the molecule is CC(C)(C)O[C@@](CCCC(N)C(=O)OCc1ccccc1)(N=C=O)C(=O)O. The summed E-state index contributed by atoms with van der Waals surface area (Å²) in [6.45, 7) is 5.06. The Morgan fingerprint density at radius 1 is 1.26 bits per heavy atom. The average Bonchev–Trinajstić information content (AvgIpc) is 2.59. The van der Waals surface area contributed by atoms with Gasteiger partial charge in [-0.1, -0.05) is 30.3 Å². The molecule has 0 aliphatic carbocycles. The third-order valence-electron chi connectivity index (χ3n) is 3.59. The van der Waals surface area contributed by atoms with Crippen LogP contribution in [0.15, 0.2) is 35.3 Å². The number of carboxylic acid groups (broad SMARTS) is 1. The second kappa shape index (κ2) is 9.97. The van der Waals surface area contributed by atoms with Gasteiger partial charge in [0.2, 0.25) is 6.08 Å². The summed E-state index contributed by atoms with van der Waals surface area (Å²) >= 11 is 0. The number of nitrogens with two attached hydrogens (primary N) is 1. The first kappa shape index (κ1) is 22.5. The molecule has 0 bridgehead atoms. The molecule has 1 rings (SSSR count). The highest BCUT2D eigenvalue weighted by Gasteiger charge is 2.43. The van der Waals surface area contributed by atoms with Gasteiger partial charge in [0.1, 0.15) is 12.6 Å². The molecule has 3 N–H and O–H groups in total. The lowest BCUT2D eigenvalue weighted by Crippen LogP contribution is -2.45. The van der Waals surface area contributed by atoms with Crippen molar-refractivity contribution in [2.45, 2.75) is 64.0 Å². The van der Waals surface area contributed by atoms with Crippen LogP contribution in [0.25, 0.3) is 0 Å². The summed E-state index contributed by atoms with van der Waals surface area (Å²) in [5, 5.41) is 9.48. The van der Waals surface area contributed by atoms with Crippen molar-refractivity contribution in [3.8, 4) is 0 Å². The molecule has 148 valence electrons. The predicted molar refractivity (Wildman–Crippen MR) is 97.4 cm³/mol. The molecule has 0 radical (unpaired) electrons. The largest absolute Gasteiger partial charge is 0.478 e. The van der Waals surface area contributed by atoms with Gasteiger partial charge in [0.25, 0.3) is 5.72 Å². The number of carbonyl (C=O) groups excluding carboxylic acids is 2. The second-order valence-corrected chi connectivity index (χ2v) is 7.10. The lowest BCUT2D eigenvalue weighted by molar-refractivity contribution is -0.184. The van der Waals surface area contributed by atoms with Crippen LogP contribution in [-0.2, 0) is 30.5 Å². The lowest BCUT2D eigenvalue weighted by atomic mass is 10.0. The number of hydrogen-bond donors (Lipinski definition) is 2. The van der Waals surface area contributed by atoms with E-state index in [1.165, 1.54) is 6.08 Å². The maximum absolute atomic E-state index is 12.0. The molecule has 2 atom stereocenters. The van der Waals surface area contributed by atoms with Crippen LogP contribution >= 0.6 is 0 Å². The number of rotatable bonds is 10. The molecule has 0 heterocycles. The molecule has 0 aliphatic heterocycles. The number of nitrogens with zero attached hydrogens (tertiary/aromatic N) is 1. The molecule has 27 heavy (non-hydrogen) atoms. The van der Waals surface area contributed by atoms with Crippen LogP contribution in [0.2, 0.25) is 0 Å². The Kier molecular flexibility index (Phi) is 8.31. The van der Waals surface area contributed by atoms with Gasteiger partial charge >= 0.3 is 11.9 Å². The number of aliphatic imine (C=N–C) groups is 1. The summed E-state index contributed by atoms with van der Waals surface area (Å²) in [4.78, 5) is 37.7. The number of aliphatic carboxylic acids is 1. The molecule has 8 nitrogen and oxygen atoms in total. The highest BCUT2D eigenvalue weighted by molar-refractivity contribution is 5.78. The zero-order valence-corrected chi connectivity index (χ0v) is 15.8. The number of esters is 1. The van der Waals surface area contributed by atoms with E-state index in [2.05, 4.69) is 4.99 Å². The van der Waals surface area contributed by atoms with Gasteiger partial charge < -0.3 is 20.3 Å². The maximum Gasteiger partial charge on any atom is 0.360 e. The molecule has 0 aliphatic rings. The molecule has 0 saturated heterocycles. The van der Waals surface area contributed by atoms with Crippen molar-refractivity contribution in [3.05, 3.63) is 35.9 Å². The Morgan fingerprint density at radius 2 is 1.89 bits per heavy atom. The fourth-order valence-corrected chi connectivity index (χ4v) is 2.42. The standard InChI is InChI=1S/C19H26N2O6/c1-18(2,3)27-19(17(24)25,21-13-22)11-7-10-15(20)16(23)26-12-14-8-5-4-6-9-14/h4-6,8-9,15H,7,10-12,20H2,1-3H3,(H,24,25)/t15?,19-/m1/s1. The molecule has 8 heteroatoms. The minimum atomic E-state index is -2.06. The van der Waals surface area contributed by atoms with Gasteiger partial charge in [-0.15, -0.1) is 0 Å². The fraction of sp³-hybridized carbons (Fsp3) is 0.526. The van der Waals surface area contributed by atoms with Gasteiger partial charge in [0.05, 0.1) is 5.60 Å². The summed E-state index contributed by atoms with van der Waals surface area (Å²) in [6, 6.07) is 8.24. The summed E-state index contributed by atoms with van der Waals surface area (Å²) in [5.41, 5.74) is 3.74. The third-order valence-corrected chi connectivity index (χ3v) is 3.59. The van der Waals surface area contributed by atoms with E-state index in [-0.39, 0.29) is 25.9 Å². The van der Waals surface area contributed by atoms with Crippen LogP contribution in [0.5, 0.6) is 0 Å². The van der Waals surface area contributed by atoms with Crippen molar-refractivity contribution in [1.82, 2.24) is 0 Å². The zero-order valence-electron chi connectivity index (χ0n) is 15.8. The maximum atomic E-state index is 12.0. The fourth-order valence-electron chi connectivity index (χ4n) is 2.42. The number of carboxylic acids is 1. The van der Waals surface area contributed by atoms with Crippen molar-refractivity contribution in [3.63, 3.8) is 0 Å².